The molecule has 0 unspecified atom stereocenters. The average Bonchev–Trinajstić information content (AvgIpc) is 1.79. The first-order valence-electron chi connectivity index (χ1n) is 48.4. The second-order valence-electron chi connectivity index (χ2n) is 37.0. The van der Waals surface area contributed by atoms with Crippen molar-refractivity contribution < 1.29 is 0 Å². The molecule has 141 heavy (non-hydrogen) atoms. The molecule has 31 aromatic rings. The van der Waals surface area contributed by atoms with Gasteiger partial charge in [0.15, 0.2) is 0 Å². The first-order valence-corrected chi connectivity index (χ1v) is 48.4. The largest absolute Gasteiger partial charge is 0.309 e. The van der Waals surface area contributed by atoms with Gasteiger partial charge in [-0.15, -0.1) is 0 Å². The molecule has 9 heterocycles. The quantitative estimate of drug-likeness (QED) is 0.131. The summed E-state index contributed by atoms with van der Waals surface area (Å²) in [6.45, 7) is 0. The SMILES string of the molecule is c1ccc(-n2c3ccc(-n4c5ccccc5c5ccccc54)cc3c3cc(-n4c5ccccc5c5ccccc54)ccc32)cc1.c1ccc(-n2c3ccccc3c3cc(-n4c5ccccc5c5ccccc54)ccc32)cc1.c1ccc2c(c1)c1ccccc1n2-c1cc(-c2cc(-n3c4ccccc4c4ccccc43)cc(-n3c4ccccc4c4ccccc43)c2)cc(-n2c3ccccc3c3ccccc32)c1. The van der Waals surface area contributed by atoms with E-state index in [0.29, 0.717) is 0 Å². The van der Waals surface area contributed by atoms with E-state index < -0.39 is 0 Å². The third kappa shape index (κ3) is 12.3. The zero-order valence-corrected chi connectivity index (χ0v) is 76.6. The molecule has 22 aromatic carbocycles. The fourth-order valence-corrected chi connectivity index (χ4v) is 23.5. The molecule has 0 spiro atoms. The Morgan fingerprint density at radius 2 is 0.206 bits per heavy atom. The van der Waals surface area contributed by atoms with Crippen LogP contribution in [0.5, 0.6) is 0 Å². The molecule has 0 N–H and O–H groups in total. The van der Waals surface area contributed by atoms with Gasteiger partial charge in [-0.25, -0.2) is 0 Å². The number of rotatable bonds is 10. The smallest absolute Gasteiger partial charge is 0.0542 e. The van der Waals surface area contributed by atoms with Crippen molar-refractivity contribution in [3.63, 3.8) is 0 Å². The molecule has 0 aliphatic rings. The molecular formula is C132H85N9. The summed E-state index contributed by atoms with van der Waals surface area (Å²) in [5, 5.41) is 22.6. The van der Waals surface area contributed by atoms with Crippen LogP contribution in [0, 0.1) is 0 Å². The first-order chi connectivity index (χ1) is 70.0. The highest BCUT2D eigenvalue weighted by molar-refractivity contribution is 6.19. The predicted octanol–water partition coefficient (Wildman–Crippen LogP) is 34.6. The van der Waals surface area contributed by atoms with Gasteiger partial charge in [0, 0.05) is 148 Å². The number of hydrogen-bond acceptors (Lipinski definition) is 0. The lowest BCUT2D eigenvalue weighted by Gasteiger charge is -2.18. The van der Waals surface area contributed by atoms with Crippen molar-refractivity contribution in [3.8, 4) is 62.3 Å². The molecule has 9 heteroatoms. The summed E-state index contributed by atoms with van der Waals surface area (Å²) in [6, 6.07) is 188. The molecule has 0 saturated heterocycles. The Balaban J connectivity index is 0.000000108. The van der Waals surface area contributed by atoms with Crippen LogP contribution in [0.3, 0.4) is 0 Å². The number of hydrogen-bond donors (Lipinski definition) is 0. The lowest BCUT2D eigenvalue weighted by Crippen LogP contribution is -2.02. The second-order valence-corrected chi connectivity index (χ2v) is 37.0. The third-order valence-corrected chi connectivity index (χ3v) is 29.4. The molecule has 0 amide bonds. The van der Waals surface area contributed by atoms with Gasteiger partial charge in [0.2, 0.25) is 0 Å². The summed E-state index contributed by atoms with van der Waals surface area (Å²) in [5.74, 6) is 0. The molecule has 0 aliphatic carbocycles. The topological polar surface area (TPSA) is 44.4 Å². The fraction of sp³-hybridized carbons (Fsp3) is 0. The Hall–Kier alpha value is -19.0. The Kier molecular flexibility index (Phi) is 17.9. The minimum absolute atomic E-state index is 1.10. The van der Waals surface area contributed by atoms with Crippen LogP contribution in [0.2, 0.25) is 0 Å². The van der Waals surface area contributed by atoms with Crippen LogP contribution in [0.1, 0.15) is 0 Å². The molecule has 0 aliphatic heterocycles. The molecule has 0 atom stereocenters. The number of fused-ring (bicyclic) bond motifs is 27. The van der Waals surface area contributed by atoms with E-state index in [-0.39, 0.29) is 0 Å². The zero-order valence-electron chi connectivity index (χ0n) is 76.6. The lowest BCUT2D eigenvalue weighted by atomic mass is 10.0. The van der Waals surface area contributed by atoms with E-state index in [2.05, 4.69) is 557 Å². The summed E-state index contributed by atoms with van der Waals surface area (Å²) in [6.07, 6.45) is 0. The maximum absolute atomic E-state index is 2.45. The predicted molar refractivity (Wildman–Crippen MR) is 594 cm³/mol. The van der Waals surface area contributed by atoms with Crippen molar-refractivity contribution in [2.45, 2.75) is 0 Å². The van der Waals surface area contributed by atoms with Crippen LogP contribution in [-0.4, -0.2) is 41.1 Å². The first kappa shape index (κ1) is 79.4. The number of para-hydroxylation sites is 17. The highest BCUT2D eigenvalue weighted by Crippen LogP contribution is 2.47. The maximum atomic E-state index is 2.45. The second kappa shape index (κ2) is 31.8. The van der Waals surface area contributed by atoms with Gasteiger partial charge >= 0.3 is 0 Å². The van der Waals surface area contributed by atoms with Crippen molar-refractivity contribution in [1.82, 2.24) is 41.1 Å². The molecule has 31 rings (SSSR count). The number of nitrogens with zero attached hydrogens (tertiary/aromatic N) is 9. The van der Waals surface area contributed by atoms with Gasteiger partial charge in [0.25, 0.3) is 0 Å². The molecule has 0 fully saturated rings. The van der Waals surface area contributed by atoms with Gasteiger partial charge in [-0.05, 0) is 217 Å². The third-order valence-electron chi connectivity index (χ3n) is 29.4. The van der Waals surface area contributed by atoms with E-state index in [1.807, 2.05) is 0 Å². The minimum atomic E-state index is 1.10. The van der Waals surface area contributed by atoms with Crippen LogP contribution < -0.4 is 0 Å². The van der Waals surface area contributed by atoms with Crippen LogP contribution in [0.15, 0.2) is 516 Å². The molecular weight excluding hydrogens is 1710 g/mol. The van der Waals surface area contributed by atoms with Crippen molar-refractivity contribution in [2.24, 2.45) is 0 Å². The summed E-state index contributed by atoms with van der Waals surface area (Å²) in [7, 11) is 0. The molecule has 0 radical (unpaired) electrons. The highest BCUT2D eigenvalue weighted by Gasteiger charge is 2.26. The van der Waals surface area contributed by atoms with E-state index in [0.717, 1.165) is 50.9 Å². The van der Waals surface area contributed by atoms with Gasteiger partial charge < -0.3 is 41.1 Å². The van der Waals surface area contributed by atoms with Gasteiger partial charge in [0.1, 0.15) is 0 Å². The van der Waals surface area contributed by atoms with E-state index in [1.165, 1.54) is 208 Å². The fourth-order valence-electron chi connectivity index (χ4n) is 23.5. The molecule has 0 bridgehead atoms. The van der Waals surface area contributed by atoms with Crippen molar-refractivity contribution in [2.75, 3.05) is 0 Å². The summed E-state index contributed by atoms with van der Waals surface area (Å²) >= 11 is 0. The van der Waals surface area contributed by atoms with Crippen LogP contribution in [-0.2, 0) is 0 Å². The molecule has 9 aromatic heterocycles. The lowest BCUT2D eigenvalue weighted by molar-refractivity contribution is 1.13. The summed E-state index contributed by atoms with van der Waals surface area (Å²) in [4.78, 5) is 0. The normalized spacial score (nSPS) is 12.0. The zero-order chi connectivity index (χ0) is 92.4. The standard InChI is InChI=1S/C60H38N4.C42H27N3.C30H20N2/c1-9-25-53-45(17-1)46-18-2-10-26-54(46)61(53)41-33-39(34-42(37-41)62-55-27-11-3-19-47(55)48-20-4-12-28-56(48)62)40-35-43(63-57-29-13-5-21-49(57)50-22-6-14-30-58(50)63)38-44(36-40)64-59-31-15-7-23-51(59)52-24-8-16-32-60(52)64;1-2-12-28(13-3-1)43-41-24-22-29(44-37-18-8-4-14-31(37)32-15-5-9-19-38(32)44)26-35(41)36-27-30(23-25-42(36)43)45-39-20-10-6-16-33(39)34-17-7-11-21-40(34)45;1-2-10-21(11-3-1)31-29-17-9-6-14-25(29)26-20-22(18-19-30(26)31)32-27-15-7-4-12-23(27)24-13-5-8-16-28(24)32/h1-38H;1-27H;1-20H. The summed E-state index contributed by atoms with van der Waals surface area (Å²) in [5.41, 5.74) is 34.1. The Labute approximate surface area is 809 Å². The minimum Gasteiger partial charge on any atom is -0.309 e. The molecule has 0 saturated carbocycles. The monoisotopic (exact) mass is 1800 g/mol. The Morgan fingerprint density at radius 3 is 0.383 bits per heavy atom. The van der Waals surface area contributed by atoms with Crippen LogP contribution >= 0.6 is 0 Å². The number of aromatic nitrogens is 9. The van der Waals surface area contributed by atoms with Gasteiger partial charge in [-0.2, -0.15) is 0 Å². The highest BCUT2D eigenvalue weighted by atomic mass is 15.1. The van der Waals surface area contributed by atoms with Crippen molar-refractivity contribution in [1.29, 1.82) is 0 Å². The van der Waals surface area contributed by atoms with Gasteiger partial charge in [-0.3, -0.25) is 0 Å². The molecule has 658 valence electrons. The summed E-state index contributed by atoms with van der Waals surface area (Å²) < 4.78 is 21.8. The van der Waals surface area contributed by atoms with E-state index in [1.54, 1.807) is 0 Å². The van der Waals surface area contributed by atoms with Crippen molar-refractivity contribution >= 4 is 196 Å². The number of benzene rings is 22. The Bertz CT molecular complexity index is 9480. The maximum Gasteiger partial charge on any atom is 0.0542 e. The molecule has 9 nitrogen and oxygen atoms in total. The van der Waals surface area contributed by atoms with Gasteiger partial charge in [-0.1, -0.05) is 309 Å². The Morgan fingerprint density at radius 1 is 0.0780 bits per heavy atom. The van der Waals surface area contributed by atoms with Crippen LogP contribution in [0.4, 0.5) is 0 Å². The van der Waals surface area contributed by atoms with E-state index >= 15 is 0 Å². The van der Waals surface area contributed by atoms with Gasteiger partial charge in [0.05, 0.1) is 99.3 Å². The van der Waals surface area contributed by atoms with Crippen LogP contribution in [0.25, 0.3) is 259 Å². The van der Waals surface area contributed by atoms with Crippen molar-refractivity contribution in [3.05, 3.63) is 516 Å². The van der Waals surface area contributed by atoms with E-state index in [9.17, 15) is 0 Å². The van der Waals surface area contributed by atoms with E-state index in [4.69, 9.17) is 0 Å². The average molecular weight is 1800 g/mol.